The van der Waals surface area contributed by atoms with Crippen molar-refractivity contribution < 1.29 is 9.53 Å². The molecule has 1 heterocycles. The second-order valence-electron chi connectivity index (χ2n) is 7.45. The highest BCUT2D eigenvalue weighted by atomic mass is 127. The molecule has 2 fully saturated rings. The summed E-state index contributed by atoms with van der Waals surface area (Å²) in [6, 6.07) is 0.452. The predicted octanol–water partition coefficient (Wildman–Crippen LogP) is 1.14. The lowest BCUT2D eigenvalue weighted by atomic mass is 9.87. The molecule has 0 aromatic carbocycles. The van der Waals surface area contributed by atoms with E-state index in [4.69, 9.17) is 4.74 Å². The van der Waals surface area contributed by atoms with E-state index in [1.165, 1.54) is 25.7 Å². The van der Waals surface area contributed by atoms with Crippen molar-refractivity contribution in [1.82, 2.24) is 20.4 Å². The van der Waals surface area contributed by atoms with Gasteiger partial charge in [0.25, 0.3) is 0 Å². The van der Waals surface area contributed by atoms with Crippen LogP contribution in [0.2, 0.25) is 0 Å². The average Bonchev–Trinajstić information content (AvgIpc) is 2.60. The third-order valence-corrected chi connectivity index (χ3v) is 4.97. The van der Waals surface area contributed by atoms with Gasteiger partial charge < -0.3 is 20.3 Å². The highest BCUT2D eigenvalue weighted by molar-refractivity contribution is 14.0. The van der Waals surface area contributed by atoms with Gasteiger partial charge in [-0.3, -0.25) is 9.69 Å². The van der Waals surface area contributed by atoms with E-state index in [0.29, 0.717) is 6.04 Å². The normalized spacial score (nSPS) is 24.5. The number of aliphatic imine (C=N–C) groups is 1. The van der Waals surface area contributed by atoms with Crippen LogP contribution in [-0.4, -0.2) is 87.7 Å². The van der Waals surface area contributed by atoms with E-state index in [9.17, 15) is 4.79 Å². The summed E-state index contributed by atoms with van der Waals surface area (Å²) in [5, 5.41) is 6.95. The Kier molecular flexibility index (Phi) is 11.5. The number of nitrogens with one attached hydrogen (secondary N) is 2. The van der Waals surface area contributed by atoms with E-state index in [1.807, 2.05) is 0 Å². The maximum absolute atomic E-state index is 11.9. The fourth-order valence-electron chi connectivity index (χ4n) is 3.36. The Balaban J connectivity index is 0.00000338. The van der Waals surface area contributed by atoms with Crippen molar-refractivity contribution in [2.75, 3.05) is 60.0 Å². The van der Waals surface area contributed by atoms with Gasteiger partial charge in [-0.05, 0) is 18.8 Å². The molecule has 0 aromatic heterocycles. The quantitative estimate of drug-likeness (QED) is 0.339. The van der Waals surface area contributed by atoms with Gasteiger partial charge in [-0.25, -0.2) is 4.99 Å². The maximum atomic E-state index is 11.9. The van der Waals surface area contributed by atoms with E-state index >= 15 is 0 Å². The zero-order valence-electron chi connectivity index (χ0n) is 16.5. The van der Waals surface area contributed by atoms with Gasteiger partial charge in [0, 0.05) is 46.3 Å². The number of hydrogen-bond acceptors (Lipinski definition) is 4. The first-order chi connectivity index (χ1) is 12.0. The van der Waals surface area contributed by atoms with Crippen molar-refractivity contribution in [2.24, 2.45) is 10.9 Å². The summed E-state index contributed by atoms with van der Waals surface area (Å²) >= 11 is 0. The van der Waals surface area contributed by atoms with Crippen LogP contribution in [0.15, 0.2) is 4.99 Å². The molecule has 0 aromatic rings. The Hall–Kier alpha value is -0.610. The first-order valence-electron chi connectivity index (χ1n) is 9.59. The summed E-state index contributed by atoms with van der Waals surface area (Å²) in [5.41, 5.74) is 0. The third-order valence-electron chi connectivity index (χ3n) is 4.97. The van der Waals surface area contributed by atoms with Crippen molar-refractivity contribution in [3.8, 4) is 0 Å². The lowest BCUT2D eigenvalue weighted by molar-refractivity contribution is -0.127. The van der Waals surface area contributed by atoms with Crippen LogP contribution in [0.25, 0.3) is 0 Å². The summed E-state index contributed by atoms with van der Waals surface area (Å²) in [6.07, 6.45) is 4.92. The molecule has 0 radical (unpaired) electrons. The minimum absolute atomic E-state index is 0. The van der Waals surface area contributed by atoms with Crippen LogP contribution >= 0.6 is 24.0 Å². The van der Waals surface area contributed by atoms with Crippen LogP contribution < -0.4 is 10.6 Å². The standard InChI is InChI=1S/C18H35N5O2.HI/c1-15-5-4-6-16(13-15)21-18(20-14-17(24)22(2)3)19-7-8-23-9-11-25-12-10-23;/h15-16H,4-14H2,1-3H3,(H2,19,20,21);1H. The van der Waals surface area contributed by atoms with Gasteiger partial charge in [-0.1, -0.05) is 19.8 Å². The van der Waals surface area contributed by atoms with Crippen LogP contribution in [0.3, 0.4) is 0 Å². The molecule has 2 N–H and O–H groups in total. The minimum Gasteiger partial charge on any atom is -0.379 e. The number of halogens is 1. The van der Waals surface area contributed by atoms with Crippen LogP contribution in [0.4, 0.5) is 0 Å². The number of guanidine groups is 1. The molecule has 152 valence electrons. The molecule has 7 nitrogen and oxygen atoms in total. The third kappa shape index (κ3) is 8.85. The van der Waals surface area contributed by atoms with Gasteiger partial charge in [0.1, 0.15) is 6.54 Å². The summed E-state index contributed by atoms with van der Waals surface area (Å²) in [5.74, 6) is 1.54. The lowest BCUT2D eigenvalue weighted by Gasteiger charge is -2.30. The molecule has 1 saturated heterocycles. The predicted molar refractivity (Wildman–Crippen MR) is 116 cm³/mol. The molecule has 1 saturated carbocycles. The van der Waals surface area contributed by atoms with Gasteiger partial charge in [-0.15, -0.1) is 24.0 Å². The molecule has 0 bridgehead atoms. The number of morpholine rings is 1. The fourth-order valence-corrected chi connectivity index (χ4v) is 3.36. The second-order valence-corrected chi connectivity index (χ2v) is 7.45. The van der Waals surface area contributed by atoms with Crippen molar-refractivity contribution in [1.29, 1.82) is 0 Å². The van der Waals surface area contributed by atoms with E-state index in [1.54, 1.807) is 19.0 Å². The fraction of sp³-hybridized carbons (Fsp3) is 0.889. The van der Waals surface area contributed by atoms with Gasteiger partial charge in [0.15, 0.2) is 5.96 Å². The molecule has 8 heteroatoms. The first-order valence-corrected chi connectivity index (χ1v) is 9.59. The molecule has 2 aliphatic rings. The molecule has 2 rings (SSSR count). The highest BCUT2D eigenvalue weighted by Gasteiger charge is 2.20. The van der Waals surface area contributed by atoms with Crippen molar-refractivity contribution in [3.63, 3.8) is 0 Å². The second kappa shape index (κ2) is 12.7. The summed E-state index contributed by atoms with van der Waals surface area (Å²) in [6.45, 7) is 7.89. The van der Waals surface area contributed by atoms with E-state index in [2.05, 4.69) is 27.4 Å². The number of nitrogens with zero attached hydrogens (tertiary/aromatic N) is 3. The molecular formula is C18H36IN5O2. The van der Waals surface area contributed by atoms with Crippen molar-refractivity contribution >= 4 is 35.8 Å². The maximum Gasteiger partial charge on any atom is 0.243 e. The number of carbonyl (C=O) groups is 1. The summed E-state index contributed by atoms with van der Waals surface area (Å²) in [4.78, 5) is 20.3. The van der Waals surface area contributed by atoms with Gasteiger partial charge in [-0.2, -0.15) is 0 Å². The Bertz CT molecular complexity index is 441. The molecule has 1 amide bonds. The van der Waals surface area contributed by atoms with Crippen molar-refractivity contribution in [3.05, 3.63) is 0 Å². The molecule has 1 aliphatic carbocycles. The molecule has 1 aliphatic heterocycles. The number of carbonyl (C=O) groups excluding carboxylic acids is 1. The van der Waals surface area contributed by atoms with Gasteiger partial charge in [0.05, 0.1) is 13.2 Å². The monoisotopic (exact) mass is 481 g/mol. The van der Waals surface area contributed by atoms with Crippen LogP contribution in [-0.2, 0) is 9.53 Å². The van der Waals surface area contributed by atoms with E-state index < -0.39 is 0 Å². The summed E-state index contributed by atoms with van der Waals surface area (Å²) < 4.78 is 5.38. The Morgan fingerprint density at radius 2 is 2.00 bits per heavy atom. The van der Waals surface area contributed by atoms with Gasteiger partial charge >= 0.3 is 0 Å². The minimum atomic E-state index is 0. The van der Waals surface area contributed by atoms with Gasteiger partial charge in [0.2, 0.25) is 5.91 Å². The van der Waals surface area contributed by atoms with Crippen LogP contribution in [0.1, 0.15) is 32.6 Å². The first kappa shape index (κ1) is 23.4. The smallest absolute Gasteiger partial charge is 0.243 e. The van der Waals surface area contributed by atoms with Crippen molar-refractivity contribution in [2.45, 2.75) is 38.6 Å². The Morgan fingerprint density at radius 3 is 2.65 bits per heavy atom. The van der Waals surface area contributed by atoms with Crippen LogP contribution in [0.5, 0.6) is 0 Å². The summed E-state index contributed by atoms with van der Waals surface area (Å²) in [7, 11) is 3.53. The lowest BCUT2D eigenvalue weighted by Crippen LogP contribution is -2.48. The highest BCUT2D eigenvalue weighted by Crippen LogP contribution is 2.23. The zero-order valence-corrected chi connectivity index (χ0v) is 18.8. The number of hydrogen-bond donors (Lipinski definition) is 2. The molecule has 0 spiro atoms. The average molecular weight is 481 g/mol. The number of rotatable bonds is 6. The largest absolute Gasteiger partial charge is 0.379 e. The molecular weight excluding hydrogens is 445 g/mol. The molecule has 2 unspecified atom stereocenters. The Morgan fingerprint density at radius 1 is 1.27 bits per heavy atom. The molecule has 2 atom stereocenters. The number of amides is 1. The van der Waals surface area contributed by atoms with E-state index in [-0.39, 0.29) is 36.4 Å². The number of ether oxygens (including phenoxy) is 1. The number of likely N-dealkylation sites (N-methyl/N-ethyl adjacent to an activating group) is 1. The van der Waals surface area contributed by atoms with Crippen LogP contribution in [0, 0.1) is 5.92 Å². The topological polar surface area (TPSA) is 69.2 Å². The Labute approximate surface area is 175 Å². The SMILES string of the molecule is CC1CCCC(NC(=NCC(=O)N(C)C)NCCN2CCOCC2)C1.I. The van der Waals surface area contributed by atoms with E-state index in [0.717, 1.165) is 51.3 Å². The zero-order chi connectivity index (χ0) is 18.1. The molecule has 26 heavy (non-hydrogen) atoms.